The van der Waals surface area contributed by atoms with E-state index in [1.165, 1.54) is 4.90 Å². The lowest BCUT2D eigenvalue weighted by atomic mass is 9.91. The molecule has 0 bridgehead atoms. The normalized spacial score (nSPS) is 16.3. The average molecular weight is 645 g/mol. The van der Waals surface area contributed by atoms with Gasteiger partial charge >= 0.3 is 18.4 Å². The Morgan fingerprint density at radius 1 is 1.09 bits per heavy atom. The zero-order valence-corrected chi connectivity index (χ0v) is 25.3. The number of nitrogens with one attached hydrogen (secondary N) is 2. The minimum absolute atomic E-state index is 0.0554. The number of hydrogen-bond donors (Lipinski definition) is 4. The molecule has 1 atom stereocenters. The van der Waals surface area contributed by atoms with Gasteiger partial charge in [0.05, 0.1) is 35.6 Å². The van der Waals surface area contributed by atoms with Gasteiger partial charge in [0.25, 0.3) is 0 Å². The number of hydrogen-bond acceptors (Lipinski definition) is 6. The van der Waals surface area contributed by atoms with Gasteiger partial charge in [-0.2, -0.15) is 26.3 Å². The summed E-state index contributed by atoms with van der Waals surface area (Å²) in [6.45, 7) is 5.57. The highest BCUT2D eigenvalue weighted by Crippen LogP contribution is 2.45. The van der Waals surface area contributed by atoms with Crippen LogP contribution in [0.3, 0.4) is 0 Å². The lowest BCUT2D eigenvalue weighted by Gasteiger charge is -2.34. The number of alkyl halides is 6. The zero-order chi connectivity index (χ0) is 33.7. The number of fused-ring (bicyclic) bond motifs is 3. The summed E-state index contributed by atoms with van der Waals surface area (Å²) in [5.74, 6) is -0.622. The van der Waals surface area contributed by atoms with Gasteiger partial charge in [0, 0.05) is 19.6 Å². The Labute approximate surface area is 257 Å². The number of carbonyl (C=O) groups is 1. The lowest BCUT2D eigenvalue weighted by molar-refractivity contribution is -0.143. The van der Waals surface area contributed by atoms with Gasteiger partial charge in [0.1, 0.15) is 0 Å². The molecule has 45 heavy (non-hydrogen) atoms. The van der Waals surface area contributed by atoms with Crippen molar-refractivity contribution in [3.8, 4) is 0 Å². The second-order valence-corrected chi connectivity index (χ2v) is 11.2. The smallest absolute Gasteiger partial charge is 0.416 e. The van der Waals surface area contributed by atoms with Gasteiger partial charge in [-0.05, 0) is 98.9 Å². The third-order valence-electron chi connectivity index (χ3n) is 7.55. The van der Waals surface area contributed by atoms with Crippen molar-refractivity contribution in [2.75, 3.05) is 24.6 Å². The van der Waals surface area contributed by atoms with E-state index in [1.54, 1.807) is 18.7 Å². The van der Waals surface area contributed by atoms with Crippen molar-refractivity contribution >= 4 is 17.7 Å². The fraction of sp³-hybridized carbons (Fsp3) is 0.533. The minimum Gasteiger partial charge on any atom is -0.446 e. The maximum atomic E-state index is 13.6. The molecule has 1 unspecified atom stereocenters. The molecule has 5 N–H and O–H groups in total. The van der Waals surface area contributed by atoms with Gasteiger partial charge in [-0.3, -0.25) is 10.3 Å². The molecule has 1 aliphatic carbocycles. The summed E-state index contributed by atoms with van der Waals surface area (Å²) >= 11 is 0. The number of nitrogens with two attached hydrogens (primary N) is 1. The molecule has 0 saturated heterocycles. The molecule has 0 saturated carbocycles. The number of benzene rings is 2. The van der Waals surface area contributed by atoms with Crippen molar-refractivity contribution in [3.63, 3.8) is 0 Å². The van der Waals surface area contributed by atoms with Crippen LogP contribution in [-0.4, -0.2) is 47.9 Å². The Hall–Kier alpha value is -3.72. The number of carbonyl (C=O) groups excluding carboxylic acids is 1. The number of guanidine groups is 1. The highest BCUT2D eigenvalue weighted by molar-refractivity contribution is 5.91. The molecule has 1 heterocycles. The second kappa shape index (κ2) is 14.6. The highest BCUT2D eigenvalue weighted by atomic mass is 19.4. The first-order valence-electron chi connectivity index (χ1n) is 14.5. The SMILES string of the molecule is Cc1cc2c(c3c1CCC3)N(C(=O)OC(C)C)CCCC2N(Cc1cc(C(F)(F)F)cc(C(F)(F)F)c1)C(=N)N=N.NCCO. The van der Waals surface area contributed by atoms with Gasteiger partial charge in [-0.25, -0.2) is 10.3 Å². The number of ether oxygens (including phenoxy) is 1. The van der Waals surface area contributed by atoms with Crippen LogP contribution in [0.4, 0.5) is 36.8 Å². The molecule has 1 aliphatic heterocycles. The lowest BCUT2D eigenvalue weighted by Crippen LogP contribution is -2.35. The average Bonchev–Trinajstić information content (AvgIpc) is 3.38. The van der Waals surface area contributed by atoms with Crippen LogP contribution < -0.4 is 10.6 Å². The third-order valence-corrected chi connectivity index (χ3v) is 7.55. The number of aliphatic hydroxyl groups is 1. The summed E-state index contributed by atoms with van der Waals surface area (Å²) in [7, 11) is 0. The monoisotopic (exact) mass is 644 g/mol. The van der Waals surface area contributed by atoms with Crippen LogP contribution in [0, 0.1) is 17.9 Å². The number of nitrogens with zero attached hydrogens (tertiary/aromatic N) is 3. The van der Waals surface area contributed by atoms with Gasteiger partial charge in [-0.15, -0.1) is 5.11 Å². The van der Waals surface area contributed by atoms with Crippen LogP contribution in [0.15, 0.2) is 29.4 Å². The third kappa shape index (κ3) is 8.51. The maximum absolute atomic E-state index is 13.6. The van der Waals surface area contributed by atoms with Crippen molar-refractivity contribution < 1.29 is 41.0 Å². The molecule has 0 spiro atoms. The Morgan fingerprint density at radius 3 is 2.18 bits per heavy atom. The van der Waals surface area contributed by atoms with Crippen molar-refractivity contribution in [1.82, 2.24) is 4.90 Å². The standard InChI is InChI=1S/C28H31F6N5O2.C2H7NO/c1-15(2)41-26(40)38-9-5-8-23(22-10-16(3)20-6-4-7-21(20)24(22)38)39(25(35)37-36)14-17-11-18(27(29,30)31)13-19(12-17)28(32,33)34;3-1-2-4/h10-13,15,23,35-36H,4-9,14H2,1-3H3;4H,1-3H2. The first-order valence-corrected chi connectivity index (χ1v) is 14.5. The van der Waals surface area contributed by atoms with Crippen LogP contribution in [0.2, 0.25) is 0 Å². The van der Waals surface area contributed by atoms with E-state index in [-0.39, 0.29) is 30.9 Å². The van der Waals surface area contributed by atoms with Gasteiger partial charge in [0.15, 0.2) is 0 Å². The van der Waals surface area contributed by atoms with Gasteiger partial charge < -0.3 is 20.5 Å². The molecule has 9 nitrogen and oxygen atoms in total. The zero-order valence-electron chi connectivity index (χ0n) is 25.3. The molecule has 0 aromatic heterocycles. The summed E-state index contributed by atoms with van der Waals surface area (Å²) in [5, 5.41) is 19.4. The van der Waals surface area contributed by atoms with Crippen LogP contribution in [0.25, 0.3) is 0 Å². The largest absolute Gasteiger partial charge is 0.446 e. The fourth-order valence-corrected chi connectivity index (χ4v) is 5.76. The topological polar surface area (TPSA) is 139 Å². The highest BCUT2D eigenvalue weighted by Gasteiger charge is 2.39. The van der Waals surface area contributed by atoms with E-state index in [2.05, 4.69) is 5.11 Å². The Kier molecular flexibility index (Phi) is 11.6. The maximum Gasteiger partial charge on any atom is 0.416 e. The number of aliphatic hydroxyl groups excluding tert-OH is 1. The quantitative estimate of drug-likeness (QED) is 0.119. The van der Waals surface area contributed by atoms with Crippen LogP contribution in [-0.2, 0) is 36.5 Å². The van der Waals surface area contributed by atoms with E-state index in [9.17, 15) is 31.1 Å². The van der Waals surface area contributed by atoms with E-state index < -0.39 is 48.1 Å². The van der Waals surface area contributed by atoms with Gasteiger partial charge in [0.2, 0.25) is 5.96 Å². The summed E-state index contributed by atoms with van der Waals surface area (Å²) in [6.07, 6.45) is -7.96. The van der Waals surface area contributed by atoms with E-state index in [1.807, 2.05) is 13.0 Å². The first kappa shape index (κ1) is 35.8. The Bertz CT molecular complexity index is 1360. The van der Waals surface area contributed by atoms with Crippen LogP contribution >= 0.6 is 0 Å². The van der Waals surface area contributed by atoms with E-state index in [0.29, 0.717) is 49.2 Å². The molecule has 2 aromatic carbocycles. The van der Waals surface area contributed by atoms with Crippen molar-refractivity contribution in [1.29, 1.82) is 10.9 Å². The number of aryl methyl sites for hydroxylation is 1. The minimum atomic E-state index is -5.03. The number of amides is 1. The second-order valence-electron chi connectivity index (χ2n) is 11.2. The Balaban J connectivity index is 0.00000130. The van der Waals surface area contributed by atoms with E-state index >= 15 is 0 Å². The molecule has 2 aromatic rings. The van der Waals surface area contributed by atoms with Crippen molar-refractivity contribution in [3.05, 3.63) is 63.2 Å². The molecule has 1 amide bonds. The molecular weight excluding hydrogens is 606 g/mol. The summed E-state index contributed by atoms with van der Waals surface area (Å²) in [6, 6.07) is 2.41. The molecule has 0 radical (unpaired) electrons. The summed E-state index contributed by atoms with van der Waals surface area (Å²) in [5.41, 5.74) is 13.2. The van der Waals surface area contributed by atoms with Crippen molar-refractivity contribution in [2.45, 2.75) is 83.9 Å². The molecule has 2 aliphatic rings. The number of anilines is 1. The van der Waals surface area contributed by atoms with Gasteiger partial charge in [-0.1, -0.05) is 6.07 Å². The van der Waals surface area contributed by atoms with Crippen LogP contribution in [0.1, 0.15) is 78.1 Å². The van der Waals surface area contributed by atoms with Crippen molar-refractivity contribution in [2.24, 2.45) is 10.8 Å². The summed E-state index contributed by atoms with van der Waals surface area (Å²) in [4.78, 5) is 16.0. The summed E-state index contributed by atoms with van der Waals surface area (Å²) < 4.78 is 86.9. The molecule has 4 rings (SSSR count). The fourth-order valence-electron chi connectivity index (χ4n) is 5.76. The first-order chi connectivity index (χ1) is 21.0. The Morgan fingerprint density at radius 2 is 1.67 bits per heavy atom. The number of halogens is 6. The number of rotatable bonds is 5. The van der Waals surface area contributed by atoms with E-state index in [4.69, 9.17) is 26.5 Å². The molecule has 0 fully saturated rings. The van der Waals surface area contributed by atoms with E-state index in [0.717, 1.165) is 29.5 Å². The predicted octanol–water partition coefficient (Wildman–Crippen LogP) is 7.11. The predicted molar refractivity (Wildman–Crippen MR) is 155 cm³/mol. The molecular formula is C30H38F6N6O3. The van der Waals surface area contributed by atoms with Crippen LogP contribution in [0.5, 0.6) is 0 Å². The molecule has 248 valence electrons. The molecule has 15 heteroatoms.